The number of aromatic nitrogens is 1. The maximum atomic E-state index is 12.1. The lowest BCUT2D eigenvalue weighted by atomic mass is 9.98. The number of H-pyrrole nitrogens is 1. The Bertz CT molecular complexity index is 900. The van der Waals surface area contributed by atoms with Gasteiger partial charge >= 0.3 is 5.97 Å². The monoisotopic (exact) mass is 336 g/mol. The molecular weight excluding hydrogens is 316 g/mol. The first-order valence-corrected chi connectivity index (χ1v) is 8.10. The number of nitrogens with one attached hydrogen (secondary N) is 2. The number of ether oxygens (including phenoxy) is 1. The summed E-state index contributed by atoms with van der Waals surface area (Å²) in [6.45, 7) is 1.39. The summed E-state index contributed by atoms with van der Waals surface area (Å²) in [6, 6.07) is 17.1. The van der Waals surface area contributed by atoms with Crippen molar-refractivity contribution in [1.82, 2.24) is 10.3 Å². The summed E-state index contributed by atoms with van der Waals surface area (Å²) >= 11 is 0. The molecule has 0 aliphatic heterocycles. The quantitative estimate of drug-likeness (QED) is 0.704. The van der Waals surface area contributed by atoms with Gasteiger partial charge in [0.25, 0.3) is 0 Å². The van der Waals surface area contributed by atoms with E-state index in [1.54, 1.807) is 0 Å². The van der Waals surface area contributed by atoms with Crippen molar-refractivity contribution < 1.29 is 14.3 Å². The van der Waals surface area contributed by atoms with Gasteiger partial charge in [-0.3, -0.25) is 4.79 Å². The van der Waals surface area contributed by atoms with Gasteiger partial charge in [0.15, 0.2) is 0 Å². The molecule has 128 valence electrons. The predicted octanol–water partition coefficient (Wildman–Crippen LogP) is 3.06. The van der Waals surface area contributed by atoms with Crippen LogP contribution in [0.3, 0.4) is 0 Å². The molecule has 0 saturated carbocycles. The number of para-hydroxylation sites is 1. The highest BCUT2D eigenvalue weighted by atomic mass is 16.5. The Balaban J connectivity index is 2.10. The Morgan fingerprint density at radius 1 is 1.08 bits per heavy atom. The smallest absolute Gasteiger partial charge is 0.328 e. The molecule has 0 fully saturated rings. The lowest BCUT2D eigenvalue weighted by Crippen LogP contribution is -2.42. The fourth-order valence-electron chi connectivity index (χ4n) is 3.05. The molecule has 5 heteroatoms. The van der Waals surface area contributed by atoms with E-state index in [1.165, 1.54) is 14.0 Å². The number of hydrogen-bond donors (Lipinski definition) is 2. The second-order valence-corrected chi connectivity index (χ2v) is 5.87. The van der Waals surface area contributed by atoms with E-state index in [0.717, 1.165) is 27.7 Å². The van der Waals surface area contributed by atoms with Crippen LogP contribution in [-0.2, 0) is 20.7 Å². The summed E-state index contributed by atoms with van der Waals surface area (Å²) in [7, 11) is 1.32. The minimum Gasteiger partial charge on any atom is -0.467 e. The van der Waals surface area contributed by atoms with Crippen molar-refractivity contribution in [2.24, 2.45) is 0 Å². The van der Waals surface area contributed by atoms with Crippen LogP contribution in [0.5, 0.6) is 0 Å². The number of rotatable bonds is 5. The van der Waals surface area contributed by atoms with Crippen molar-refractivity contribution in [1.29, 1.82) is 0 Å². The van der Waals surface area contributed by atoms with Crippen LogP contribution in [0.25, 0.3) is 22.2 Å². The first-order chi connectivity index (χ1) is 12.1. The van der Waals surface area contributed by atoms with Gasteiger partial charge < -0.3 is 15.0 Å². The standard InChI is InChI=1S/C20H20N2O3/c1-13(23)21-18(20(24)25-2)12-16-15-10-6-7-11-17(15)22-19(16)14-8-4-3-5-9-14/h3-11,18,22H,12H2,1-2H3,(H,21,23). The Kier molecular flexibility index (Phi) is 4.84. The summed E-state index contributed by atoms with van der Waals surface area (Å²) in [5.74, 6) is -0.726. The summed E-state index contributed by atoms with van der Waals surface area (Å²) in [5, 5.41) is 3.71. The number of benzene rings is 2. The van der Waals surface area contributed by atoms with Gasteiger partial charge in [0.05, 0.1) is 7.11 Å². The molecule has 0 bridgehead atoms. The Labute approximate surface area is 146 Å². The van der Waals surface area contributed by atoms with Crippen LogP contribution >= 0.6 is 0 Å². The zero-order chi connectivity index (χ0) is 17.8. The molecule has 3 rings (SSSR count). The van der Waals surface area contributed by atoms with E-state index in [9.17, 15) is 9.59 Å². The Hall–Kier alpha value is -3.08. The van der Waals surface area contributed by atoms with Gasteiger partial charge in [-0.1, -0.05) is 48.5 Å². The largest absolute Gasteiger partial charge is 0.467 e. The van der Waals surface area contributed by atoms with Crippen molar-refractivity contribution in [3.8, 4) is 11.3 Å². The molecule has 0 radical (unpaired) electrons. The maximum absolute atomic E-state index is 12.1. The highest BCUT2D eigenvalue weighted by Crippen LogP contribution is 2.31. The van der Waals surface area contributed by atoms with Gasteiger partial charge in [0.1, 0.15) is 6.04 Å². The first kappa shape index (κ1) is 16.8. The van der Waals surface area contributed by atoms with E-state index in [1.807, 2.05) is 54.6 Å². The predicted molar refractivity (Wildman–Crippen MR) is 97.1 cm³/mol. The lowest BCUT2D eigenvalue weighted by molar-refractivity contribution is -0.144. The molecule has 0 aliphatic rings. The highest BCUT2D eigenvalue weighted by molar-refractivity contribution is 5.92. The van der Waals surface area contributed by atoms with Gasteiger partial charge in [0, 0.05) is 29.9 Å². The van der Waals surface area contributed by atoms with Gasteiger partial charge in [-0.05, 0) is 17.2 Å². The van der Waals surface area contributed by atoms with Crippen LogP contribution in [0.2, 0.25) is 0 Å². The molecule has 1 atom stereocenters. The number of amides is 1. The topological polar surface area (TPSA) is 71.2 Å². The SMILES string of the molecule is COC(=O)C(Cc1c(-c2ccccc2)[nH]c2ccccc12)NC(C)=O. The molecule has 2 N–H and O–H groups in total. The van der Waals surface area contributed by atoms with E-state index in [4.69, 9.17) is 4.74 Å². The van der Waals surface area contributed by atoms with Crippen LogP contribution in [0.1, 0.15) is 12.5 Å². The average Bonchev–Trinajstić information content (AvgIpc) is 2.99. The zero-order valence-corrected chi connectivity index (χ0v) is 14.2. The van der Waals surface area contributed by atoms with Crippen LogP contribution < -0.4 is 5.32 Å². The highest BCUT2D eigenvalue weighted by Gasteiger charge is 2.24. The van der Waals surface area contributed by atoms with Gasteiger partial charge in [-0.15, -0.1) is 0 Å². The van der Waals surface area contributed by atoms with E-state index >= 15 is 0 Å². The van der Waals surface area contributed by atoms with E-state index in [2.05, 4.69) is 10.3 Å². The maximum Gasteiger partial charge on any atom is 0.328 e. The fraction of sp³-hybridized carbons (Fsp3) is 0.200. The minimum atomic E-state index is -0.732. The molecule has 0 aliphatic carbocycles. The number of hydrogen-bond acceptors (Lipinski definition) is 3. The average molecular weight is 336 g/mol. The molecule has 5 nitrogen and oxygen atoms in total. The number of carbonyl (C=O) groups is 2. The number of fused-ring (bicyclic) bond motifs is 1. The normalized spacial score (nSPS) is 11.9. The molecule has 1 amide bonds. The molecule has 2 aromatic carbocycles. The van der Waals surface area contributed by atoms with E-state index < -0.39 is 12.0 Å². The number of esters is 1. The van der Waals surface area contributed by atoms with E-state index in [-0.39, 0.29) is 5.91 Å². The molecule has 0 saturated heterocycles. The molecule has 1 unspecified atom stereocenters. The van der Waals surface area contributed by atoms with Crippen LogP contribution in [0, 0.1) is 0 Å². The van der Waals surface area contributed by atoms with E-state index in [0.29, 0.717) is 6.42 Å². The summed E-state index contributed by atoms with van der Waals surface area (Å²) in [4.78, 5) is 27.0. The first-order valence-electron chi connectivity index (χ1n) is 8.10. The zero-order valence-electron chi connectivity index (χ0n) is 14.2. The van der Waals surface area contributed by atoms with Crippen molar-refractivity contribution in [3.63, 3.8) is 0 Å². The van der Waals surface area contributed by atoms with Gasteiger partial charge in [0.2, 0.25) is 5.91 Å². The third kappa shape index (κ3) is 3.55. The number of carbonyl (C=O) groups excluding carboxylic acids is 2. The third-order valence-electron chi connectivity index (χ3n) is 4.15. The Morgan fingerprint density at radius 2 is 1.76 bits per heavy atom. The molecular formula is C20H20N2O3. The summed E-state index contributed by atoms with van der Waals surface area (Å²) in [5.41, 5.74) is 3.94. The summed E-state index contributed by atoms with van der Waals surface area (Å²) in [6.07, 6.45) is 0.348. The van der Waals surface area contributed by atoms with Gasteiger partial charge in [-0.2, -0.15) is 0 Å². The Morgan fingerprint density at radius 3 is 2.44 bits per heavy atom. The molecule has 1 heterocycles. The molecule has 3 aromatic rings. The van der Waals surface area contributed by atoms with Crippen molar-refractivity contribution in [2.75, 3.05) is 7.11 Å². The van der Waals surface area contributed by atoms with Crippen LogP contribution in [-0.4, -0.2) is 30.0 Å². The van der Waals surface area contributed by atoms with Crippen LogP contribution in [0.15, 0.2) is 54.6 Å². The van der Waals surface area contributed by atoms with Crippen molar-refractivity contribution >= 4 is 22.8 Å². The fourth-order valence-corrected chi connectivity index (χ4v) is 3.05. The molecule has 1 aromatic heterocycles. The number of aromatic amines is 1. The number of methoxy groups -OCH3 is 1. The second-order valence-electron chi connectivity index (χ2n) is 5.87. The second kappa shape index (κ2) is 7.21. The van der Waals surface area contributed by atoms with Crippen molar-refractivity contribution in [3.05, 3.63) is 60.2 Å². The summed E-state index contributed by atoms with van der Waals surface area (Å²) < 4.78 is 4.86. The molecule has 25 heavy (non-hydrogen) atoms. The lowest BCUT2D eigenvalue weighted by Gasteiger charge is -2.16. The van der Waals surface area contributed by atoms with Gasteiger partial charge in [-0.25, -0.2) is 4.79 Å². The molecule has 0 spiro atoms. The van der Waals surface area contributed by atoms with Crippen molar-refractivity contribution in [2.45, 2.75) is 19.4 Å². The third-order valence-corrected chi connectivity index (χ3v) is 4.15. The van der Waals surface area contributed by atoms with Crippen LogP contribution in [0.4, 0.5) is 0 Å². The minimum absolute atomic E-state index is 0.267.